The lowest BCUT2D eigenvalue weighted by molar-refractivity contribution is 0.669. The highest BCUT2D eigenvalue weighted by molar-refractivity contribution is 6.19. The normalized spacial score (nSPS) is 13.1. The zero-order chi connectivity index (χ0) is 55.7. The Hall–Kier alpha value is -10.9. The van der Waals surface area contributed by atoms with Crippen molar-refractivity contribution in [2.75, 3.05) is 5.32 Å². The molecule has 0 unspecified atom stereocenters. The number of hydrogen-bond donors (Lipinski definition) is 1. The molecule has 0 saturated carbocycles. The monoisotopic (exact) mass is 1080 g/mol. The molecule has 7 heteroatoms. The van der Waals surface area contributed by atoms with Gasteiger partial charge >= 0.3 is 0 Å². The lowest BCUT2D eigenvalue weighted by atomic mass is 9.94. The Labute approximate surface area is 485 Å². The van der Waals surface area contributed by atoms with Crippen molar-refractivity contribution in [3.63, 3.8) is 0 Å². The second kappa shape index (κ2) is 20.3. The molecule has 1 aliphatic rings. The molecule has 16 rings (SSSR count). The van der Waals surface area contributed by atoms with Crippen LogP contribution in [-0.2, 0) is 6.42 Å². The number of fused-ring (bicyclic) bond motifs is 10. The van der Waals surface area contributed by atoms with E-state index in [1.54, 1.807) is 0 Å². The van der Waals surface area contributed by atoms with Gasteiger partial charge in [-0.05, 0) is 155 Å². The molecule has 15 aromatic rings. The summed E-state index contributed by atoms with van der Waals surface area (Å²) in [6.45, 7) is 2.26. The Kier molecular flexibility index (Phi) is 11.8. The van der Waals surface area contributed by atoms with Crippen LogP contribution in [0.1, 0.15) is 36.5 Å². The summed E-state index contributed by atoms with van der Waals surface area (Å²) in [6, 6.07) is 90.6. The average molecular weight is 1080 g/mol. The van der Waals surface area contributed by atoms with E-state index in [1.807, 2.05) is 36.4 Å². The molecule has 0 radical (unpaired) electrons. The van der Waals surface area contributed by atoms with Crippen LogP contribution in [-0.4, -0.2) is 24.1 Å². The Balaban J connectivity index is 0.854. The molecule has 0 aliphatic heterocycles. The number of hydrogen-bond acceptors (Lipinski definition) is 5. The second-order valence-electron chi connectivity index (χ2n) is 21.8. The van der Waals surface area contributed by atoms with Gasteiger partial charge in [-0.3, -0.25) is 4.57 Å². The molecule has 1 aliphatic carbocycles. The number of aromatic nitrogens is 5. The molecule has 0 amide bonds. The molecule has 0 fully saturated rings. The highest BCUT2D eigenvalue weighted by Crippen LogP contribution is 2.43. The Morgan fingerprint density at radius 1 is 0.440 bits per heavy atom. The third-order valence-corrected chi connectivity index (χ3v) is 16.9. The number of anilines is 2. The van der Waals surface area contributed by atoms with Crippen LogP contribution in [0.25, 0.3) is 133 Å². The van der Waals surface area contributed by atoms with Crippen molar-refractivity contribution in [2.24, 2.45) is 0 Å². The highest BCUT2D eigenvalue weighted by atomic mass is 16.3. The van der Waals surface area contributed by atoms with Gasteiger partial charge in [0.1, 0.15) is 11.2 Å². The van der Waals surface area contributed by atoms with Crippen molar-refractivity contribution in [2.45, 2.75) is 26.2 Å². The molecule has 398 valence electrons. The van der Waals surface area contributed by atoms with E-state index in [0.29, 0.717) is 17.6 Å². The van der Waals surface area contributed by atoms with Gasteiger partial charge in [0.15, 0.2) is 11.6 Å². The summed E-state index contributed by atoms with van der Waals surface area (Å²) < 4.78 is 11.3. The summed E-state index contributed by atoms with van der Waals surface area (Å²) in [5, 5.41) is 10.4. The van der Waals surface area contributed by atoms with Crippen molar-refractivity contribution < 1.29 is 4.42 Å². The smallest absolute Gasteiger partial charge is 0.238 e. The number of benzene rings is 11. The van der Waals surface area contributed by atoms with Gasteiger partial charge in [-0.25, -0.2) is 4.98 Å². The van der Waals surface area contributed by atoms with Gasteiger partial charge in [-0.15, -0.1) is 0 Å². The third-order valence-electron chi connectivity index (χ3n) is 16.9. The maximum Gasteiger partial charge on any atom is 0.238 e. The van der Waals surface area contributed by atoms with Gasteiger partial charge in [0.05, 0.1) is 22.1 Å². The molecular formula is C77H54N6O. The number of para-hydroxylation sites is 3. The standard InChI is InChI=1S/C77H54N6O/c1-2-49(31-32-51-34-33-50-19-15-16-28-60(50)51)62-43-54(35-39-68(62)78-58-24-11-5-12-25-58)56-37-41-73-66(45-56)67-46-57(38-42-74(67)84-73)55-36-40-70-63(44-55)65-48-71-64(61-29-17-18-30-69(61)82(71)59-26-13-6-14-27-59)47-72(65)83(70)77-80-75(52-20-7-3-8-21-52)79-76(81-77)53-22-9-4-10-23-53/h3-32,35-48,78H,2,33-34H2,1H3/b49-31+,51-32+. The molecule has 84 heavy (non-hydrogen) atoms. The number of rotatable bonds is 11. The molecule has 0 saturated heterocycles. The second-order valence-corrected chi connectivity index (χ2v) is 21.8. The van der Waals surface area contributed by atoms with Crippen molar-refractivity contribution in [3.05, 3.63) is 284 Å². The van der Waals surface area contributed by atoms with Crippen LogP contribution >= 0.6 is 0 Å². The fourth-order valence-electron chi connectivity index (χ4n) is 12.8. The van der Waals surface area contributed by atoms with Crippen LogP contribution in [0.3, 0.4) is 0 Å². The maximum atomic E-state index is 6.63. The summed E-state index contributed by atoms with van der Waals surface area (Å²) >= 11 is 0. The first-order chi connectivity index (χ1) is 41.6. The quantitative estimate of drug-likeness (QED) is 0.140. The topological polar surface area (TPSA) is 73.7 Å². The lowest BCUT2D eigenvalue weighted by Gasteiger charge is -2.16. The van der Waals surface area contributed by atoms with Gasteiger partial charge in [0, 0.05) is 66.1 Å². The van der Waals surface area contributed by atoms with Crippen LogP contribution in [0.2, 0.25) is 0 Å². The van der Waals surface area contributed by atoms with Crippen LogP contribution in [0.5, 0.6) is 0 Å². The number of allylic oxidation sites excluding steroid dienone is 4. The number of nitrogens with one attached hydrogen (secondary N) is 1. The van der Waals surface area contributed by atoms with E-state index in [2.05, 4.69) is 252 Å². The largest absolute Gasteiger partial charge is 0.456 e. The Bertz CT molecular complexity index is 5070. The van der Waals surface area contributed by atoms with E-state index in [0.717, 1.165) is 130 Å². The van der Waals surface area contributed by atoms with Crippen molar-refractivity contribution in [1.82, 2.24) is 24.1 Å². The molecular weight excluding hydrogens is 1020 g/mol. The van der Waals surface area contributed by atoms with Gasteiger partial charge < -0.3 is 14.3 Å². The molecule has 0 bridgehead atoms. The van der Waals surface area contributed by atoms with E-state index < -0.39 is 0 Å². The number of aryl methyl sites for hydroxylation is 1. The first kappa shape index (κ1) is 49.0. The Morgan fingerprint density at radius 2 is 0.976 bits per heavy atom. The van der Waals surface area contributed by atoms with Gasteiger partial charge in [0.2, 0.25) is 5.95 Å². The Morgan fingerprint density at radius 3 is 1.67 bits per heavy atom. The van der Waals surface area contributed by atoms with Crippen LogP contribution in [0.4, 0.5) is 11.4 Å². The molecule has 0 atom stereocenters. The predicted octanol–water partition coefficient (Wildman–Crippen LogP) is 20.2. The van der Waals surface area contributed by atoms with Crippen molar-refractivity contribution in [3.8, 4) is 56.7 Å². The molecule has 4 heterocycles. The SMILES string of the molecule is CC/C(=C\C=C1/CCc2ccccc21)c1cc(-c2ccc3oc4ccc(-c5ccc6c(c5)c5cc7c(cc5n6-c5nc(-c6ccccc6)nc(-c6ccccc6)n5)c5ccccc5n7-c5ccccc5)cc4c3c2)ccc1Nc1ccccc1. The minimum Gasteiger partial charge on any atom is -0.456 e. The third kappa shape index (κ3) is 8.47. The zero-order valence-electron chi connectivity index (χ0n) is 46.2. The van der Waals surface area contributed by atoms with E-state index in [-0.39, 0.29) is 0 Å². The van der Waals surface area contributed by atoms with Crippen LogP contribution < -0.4 is 5.32 Å². The van der Waals surface area contributed by atoms with E-state index in [4.69, 9.17) is 19.4 Å². The summed E-state index contributed by atoms with van der Waals surface area (Å²) in [5.41, 5.74) is 22.1. The first-order valence-electron chi connectivity index (χ1n) is 28.9. The predicted molar refractivity (Wildman–Crippen MR) is 348 cm³/mol. The molecule has 11 aromatic carbocycles. The summed E-state index contributed by atoms with van der Waals surface area (Å²) in [4.78, 5) is 15.7. The van der Waals surface area contributed by atoms with Crippen LogP contribution in [0.15, 0.2) is 271 Å². The molecule has 7 nitrogen and oxygen atoms in total. The summed E-state index contributed by atoms with van der Waals surface area (Å²) in [6.07, 6.45) is 7.72. The minimum absolute atomic E-state index is 0.549. The summed E-state index contributed by atoms with van der Waals surface area (Å²) in [5.74, 6) is 1.76. The first-order valence-corrected chi connectivity index (χ1v) is 28.9. The lowest BCUT2D eigenvalue weighted by Crippen LogP contribution is -2.06. The molecule has 4 aromatic heterocycles. The molecule has 0 spiro atoms. The van der Waals surface area contributed by atoms with Crippen LogP contribution in [0, 0.1) is 0 Å². The van der Waals surface area contributed by atoms with Gasteiger partial charge in [-0.1, -0.05) is 183 Å². The highest BCUT2D eigenvalue weighted by Gasteiger charge is 2.23. The van der Waals surface area contributed by atoms with E-state index in [1.165, 1.54) is 33.2 Å². The van der Waals surface area contributed by atoms with E-state index in [9.17, 15) is 0 Å². The minimum atomic E-state index is 0.549. The van der Waals surface area contributed by atoms with Crippen molar-refractivity contribution >= 4 is 88.1 Å². The van der Waals surface area contributed by atoms with Gasteiger partial charge in [0.25, 0.3) is 0 Å². The fraction of sp³-hybridized carbons (Fsp3) is 0.0519. The fourth-order valence-corrected chi connectivity index (χ4v) is 12.8. The molecule has 1 N–H and O–H groups in total. The summed E-state index contributed by atoms with van der Waals surface area (Å²) in [7, 11) is 0. The van der Waals surface area contributed by atoms with Gasteiger partial charge in [-0.2, -0.15) is 9.97 Å². The number of furan rings is 1. The van der Waals surface area contributed by atoms with Crippen molar-refractivity contribution in [1.29, 1.82) is 0 Å². The zero-order valence-corrected chi connectivity index (χ0v) is 46.2. The van der Waals surface area contributed by atoms with E-state index >= 15 is 0 Å². The average Bonchev–Trinajstić information content (AvgIpc) is 1.93. The number of nitrogens with zero attached hydrogens (tertiary/aromatic N) is 5. The maximum absolute atomic E-state index is 6.63.